The van der Waals surface area contributed by atoms with E-state index in [2.05, 4.69) is 63.9 Å². The summed E-state index contributed by atoms with van der Waals surface area (Å²) in [7, 11) is 0. The SMILES string of the molecule is CCC(CC)N1COC(C)c2c(Nc3c(C)cc(C)cc3C)nc(C)nc21. The van der Waals surface area contributed by atoms with Crippen molar-refractivity contribution in [1.29, 1.82) is 0 Å². The Labute approximate surface area is 163 Å². The molecule has 27 heavy (non-hydrogen) atoms. The van der Waals surface area contributed by atoms with Crippen LogP contribution in [0.25, 0.3) is 0 Å². The lowest BCUT2D eigenvalue weighted by Gasteiger charge is -2.39. The van der Waals surface area contributed by atoms with Crippen LogP contribution in [0.5, 0.6) is 0 Å². The van der Waals surface area contributed by atoms with Gasteiger partial charge in [-0.05, 0) is 58.6 Å². The molecular weight excluding hydrogens is 336 g/mol. The first-order valence-electron chi connectivity index (χ1n) is 9.97. The third kappa shape index (κ3) is 3.79. The molecule has 5 nitrogen and oxygen atoms in total. The summed E-state index contributed by atoms with van der Waals surface area (Å²) in [5.74, 6) is 2.65. The average Bonchev–Trinajstić information content (AvgIpc) is 2.60. The van der Waals surface area contributed by atoms with E-state index in [1.807, 2.05) is 6.92 Å². The van der Waals surface area contributed by atoms with Crippen molar-refractivity contribution in [2.75, 3.05) is 16.9 Å². The number of hydrogen-bond donors (Lipinski definition) is 1. The number of ether oxygens (including phenoxy) is 1. The van der Waals surface area contributed by atoms with Gasteiger partial charge in [-0.1, -0.05) is 31.5 Å². The van der Waals surface area contributed by atoms with Crippen molar-refractivity contribution in [3.63, 3.8) is 0 Å². The van der Waals surface area contributed by atoms with Gasteiger partial charge in [-0.2, -0.15) is 0 Å². The monoisotopic (exact) mass is 368 g/mol. The molecule has 0 aliphatic carbocycles. The number of anilines is 3. The lowest BCUT2D eigenvalue weighted by molar-refractivity contribution is 0.0498. The molecule has 1 aliphatic rings. The Hall–Kier alpha value is -2.14. The van der Waals surface area contributed by atoms with Crippen LogP contribution in [-0.2, 0) is 4.74 Å². The number of rotatable bonds is 5. The van der Waals surface area contributed by atoms with Crippen molar-refractivity contribution in [1.82, 2.24) is 9.97 Å². The smallest absolute Gasteiger partial charge is 0.142 e. The van der Waals surface area contributed by atoms with Crippen LogP contribution in [0.4, 0.5) is 17.3 Å². The van der Waals surface area contributed by atoms with E-state index in [1.54, 1.807) is 0 Å². The minimum Gasteiger partial charge on any atom is -0.353 e. The van der Waals surface area contributed by atoms with Gasteiger partial charge in [-0.25, -0.2) is 9.97 Å². The van der Waals surface area contributed by atoms with E-state index in [1.165, 1.54) is 16.7 Å². The predicted molar refractivity (Wildman–Crippen MR) is 112 cm³/mol. The van der Waals surface area contributed by atoms with Gasteiger partial charge in [0.15, 0.2) is 0 Å². The summed E-state index contributed by atoms with van der Waals surface area (Å²) >= 11 is 0. The molecule has 1 aliphatic heterocycles. The molecule has 146 valence electrons. The number of hydrogen-bond acceptors (Lipinski definition) is 5. The minimum absolute atomic E-state index is 0.0419. The molecule has 0 saturated heterocycles. The second-order valence-electron chi connectivity index (χ2n) is 7.63. The molecule has 1 aromatic carbocycles. The molecule has 1 N–H and O–H groups in total. The normalized spacial score (nSPS) is 16.6. The number of aromatic nitrogens is 2. The Morgan fingerprint density at radius 1 is 1.11 bits per heavy atom. The Morgan fingerprint density at radius 3 is 2.33 bits per heavy atom. The highest BCUT2D eigenvalue weighted by Gasteiger charge is 2.31. The highest BCUT2D eigenvalue weighted by atomic mass is 16.5. The van der Waals surface area contributed by atoms with E-state index in [4.69, 9.17) is 14.7 Å². The van der Waals surface area contributed by atoms with Crippen molar-refractivity contribution in [3.8, 4) is 0 Å². The van der Waals surface area contributed by atoms with Gasteiger partial charge in [0.05, 0.1) is 11.7 Å². The van der Waals surface area contributed by atoms with E-state index in [0.29, 0.717) is 12.8 Å². The fourth-order valence-electron chi connectivity index (χ4n) is 4.09. The van der Waals surface area contributed by atoms with Gasteiger partial charge in [0.2, 0.25) is 0 Å². The summed E-state index contributed by atoms with van der Waals surface area (Å²) in [4.78, 5) is 11.9. The molecule has 0 bridgehead atoms. The Kier molecular flexibility index (Phi) is 5.70. The molecule has 2 aromatic rings. The highest BCUT2D eigenvalue weighted by molar-refractivity contribution is 5.71. The van der Waals surface area contributed by atoms with E-state index < -0.39 is 0 Å². The lowest BCUT2D eigenvalue weighted by Crippen LogP contribution is -2.41. The molecule has 5 heteroatoms. The zero-order chi connectivity index (χ0) is 19.7. The van der Waals surface area contributed by atoms with Crippen molar-refractivity contribution in [2.24, 2.45) is 0 Å². The molecule has 0 radical (unpaired) electrons. The number of nitrogens with zero attached hydrogens (tertiary/aromatic N) is 3. The maximum Gasteiger partial charge on any atom is 0.142 e. The third-order valence-corrected chi connectivity index (χ3v) is 5.48. The number of nitrogens with one attached hydrogen (secondary N) is 1. The Balaban J connectivity index is 2.10. The standard InChI is InChI=1S/C22H32N4O/c1-8-18(9-2)26-12-27-16(6)19-21(23-17(7)24-22(19)26)25-20-14(4)10-13(3)11-15(20)5/h10-11,16,18H,8-9,12H2,1-7H3,(H,23,24,25). The number of benzene rings is 1. The van der Waals surface area contributed by atoms with E-state index in [-0.39, 0.29) is 6.10 Å². The largest absolute Gasteiger partial charge is 0.353 e. The minimum atomic E-state index is -0.0419. The molecule has 1 aromatic heterocycles. The zero-order valence-electron chi connectivity index (χ0n) is 17.7. The van der Waals surface area contributed by atoms with Crippen LogP contribution in [-0.4, -0.2) is 22.7 Å². The summed E-state index contributed by atoms with van der Waals surface area (Å²) in [5.41, 5.74) is 5.89. The van der Waals surface area contributed by atoms with Crippen LogP contribution in [0, 0.1) is 27.7 Å². The molecule has 0 amide bonds. The van der Waals surface area contributed by atoms with Crippen molar-refractivity contribution in [2.45, 2.75) is 73.5 Å². The quantitative estimate of drug-likeness (QED) is 0.755. The molecule has 0 spiro atoms. The van der Waals surface area contributed by atoms with E-state index in [0.717, 1.165) is 41.6 Å². The van der Waals surface area contributed by atoms with Gasteiger partial charge in [0, 0.05) is 11.7 Å². The summed E-state index contributed by atoms with van der Waals surface area (Å²) < 4.78 is 6.11. The van der Waals surface area contributed by atoms with Crippen molar-refractivity contribution < 1.29 is 4.74 Å². The van der Waals surface area contributed by atoms with Crippen LogP contribution in [0.15, 0.2) is 12.1 Å². The van der Waals surface area contributed by atoms with Crippen LogP contribution >= 0.6 is 0 Å². The van der Waals surface area contributed by atoms with E-state index >= 15 is 0 Å². The maximum absolute atomic E-state index is 6.11. The van der Waals surface area contributed by atoms with E-state index in [9.17, 15) is 0 Å². The molecule has 2 heterocycles. The first-order valence-corrected chi connectivity index (χ1v) is 9.97. The van der Waals surface area contributed by atoms with Gasteiger partial charge < -0.3 is 15.0 Å². The summed E-state index contributed by atoms with van der Waals surface area (Å²) in [6.07, 6.45) is 2.09. The zero-order valence-corrected chi connectivity index (χ0v) is 17.7. The fraction of sp³-hybridized carbons (Fsp3) is 0.545. The molecule has 0 saturated carbocycles. The lowest BCUT2D eigenvalue weighted by atomic mass is 10.0. The number of fused-ring (bicyclic) bond motifs is 1. The predicted octanol–water partition coefficient (Wildman–Crippen LogP) is 5.50. The molecule has 1 unspecified atom stereocenters. The first kappa shape index (κ1) is 19.6. The number of aryl methyl sites for hydroxylation is 4. The van der Waals surface area contributed by atoms with Crippen LogP contribution < -0.4 is 10.2 Å². The van der Waals surface area contributed by atoms with Crippen LogP contribution in [0.1, 0.15) is 67.8 Å². The second kappa shape index (κ2) is 7.85. The molecular formula is C22H32N4O. The fourth-order valence-corrected chi connectivity index (χ4v) is 4.09. The molecule has 3 rings (SSSR count). The van der Waals surface area contributed by atoms with Gasteiger partial charge in [-0.15, -0.1) is 0 Å². The Bertz CT molecular complexity index is 806. The summed E-state index contributed by atoms with van der Waals surface area (Å²) in [6, 6.07) is 4.82. The molecule has 0 fully saturated rings. The van der Waals surface area contributed by atoms with Gasteiger partial charge in [-0.3, -0.25) is 0 Å². The summed E-state index contributed by atoms with van der Waals surface area (Å²) in [5, 5.41) is 3.60. The average molecular weight is 369 g/mol. The second-order valence-corrected chi connectivity index (χ2v) is 7.63. The Morgan fingerprint density at radius 2 is 1.74 bits per heavy atom. The highest BCUT2D eigenvalue weighted by Crippen LogP contribution is 2.39. The first-order chi connectivity index (χ1) is 12.8. The van der Waals surface area contributed by atoms with Crippen molar-refractivity contribution in [3.05, 3.63) is 40.2 Å². The van der Waals surface area contributed by atoms with Crippen LogP contribution in [0.3, 0.4) is 0 Å². The van der Waals surface area contributed by atoms with Gasteiger partial charge >= 0.3 is 0 Å². The molecule has 1 atom stereocenters. The summed E-state index contributed by atoms with van der Waals surface area (Å²) in [6.45, 7) is 15.5. The van der Waals surface area contributed by atoms with Gasteiger partial charge in [0.1, 0.15) is 24.2 Å². The van der Waals surface area contributed by atoms with Crippen LogP contribution in [0.2, 0.25) is 0 Å². The third-order valence-electron chi connectivity index (χ3n) is 5.48. The van der Waals surface area contributed by atoms with Crippen molar-refractivity contribution >= 4 is 17.3 Å². The topological polar surface area (TPSA) is 50.3 Å². The van der Waals surface area contributed by atoms with Gasteiger partial charge in [0.25, 0.3) is 0 Å². The maximum atomic E-state index is 6.11.